The SMILES string of the molecule is c1ccc2c(c1)ccc1ccc(-c3ccc(N(c4ccc(-c5cccc6c5oc5ccccc56)cc4)c4cc5ccccc5c5ccccc45)cc3)cc12. The lowest BCUT2D eigenvalue weighted by Crippen LogP contribution is -2.10. The van der Waals surface area contributed by atoms with Gasteiger partial charge < -0.3 is 9.32 Å². The second kappa shape index (κ2) is 12.2. The standard InChI is InChI=1S/C52H33NO/c1-3-12-42-35(10-1)20-21-37-22-23-38(32-49(37)42)34-24-28-40(29-25-34)53(50-33-39-11-2-4-13-43(39)45-14-5-6-15-46(45)50)41-30-26-36(27-31-41)44-17-9-18-48-47-16-7-8-19-51(47)54-52(44)48/h1-33H. The molecule has 10 aromatic carbocycles. The molecule has 2 nitrogen and oxygen atoms in total. The predicted molar refractivity (Wildman–Crippen MR) is 229 cm³/mol. The Hall–Kier alpha value is -7.16. The number of rotatable bonds is 5. The van der Waals surface area contributed by atoms with Crippen molar-refractivity contribution in [3.05, 3.63) is 200 Å². The third-order valence-corrected chi connectivity index (χ3v) is 11.0. The van der Waals surface area contributed by atoms with Gasteiger partial charge in [0.25, 0.3) is 0 Å². The first kappa shape index (κ1) is 30.5. The maximum atomic E-state index is 6.43. The van der Waals surface area contributed by atoms with Crippen LogP contribution >= 0.6 is 0 Å². The first-order valence-electron chi connectivity index (χ1n) is 18.5. The molecule has 0 amide bonds. The van der Waals surface area contributed by atoms with Crippen molar-refractivity contribution in [2.75, 3.05) is 4.90 Å². The lowest BCUT2D eigenvalue weighted by molar-refractivity contribution is 0.670. The summed E-state index contributed by atoms with van der Waals surface area (Å²) in [6.45, 7) is 0. The van der Waals surface area contributed by atoms with Crippen molar-refractivity contribution in [3.63, 3.8) is 0 Å². The highest BCUT2D eigenvalue weighted by molar-refractivity contribution is 6.15. The van der Waals surface area contributed by atoms with Gasteiger partial charge >= 0.3 is 0 Å². The van der Waals surface area contributed by atoms with Crippen LogP contribution in [-0.4, -0.2) is 0 Å². The molecule has 0 aliphatic rings. The Balaban J connectivity index is 1.06. The Morgan fingerprint density at radius 1 is 0.315 bits per heavy atom. The van der Waals surface area contributed by atoms with Gasteiger partial charge in [-0.15, -0.1) is 0 Å². The van der Waals surface area contributed by atoms with Gasteiger partial charge in [-0.05, 0) is 96.9 Å². The topological polar surface area (TPSA) is 16.4 Å². The van der Waals surface area contributed by atoms with Crippen molar-refractivity contribution >= 4 is 82.1 Å². The first-order valence-corrected chi connectivity index (χ1v) is 18.5. The van der Waals surface area contributed by atoms with E-state index in [1.54, 1.807) is 0 Å². The zero-order chi connectivity index (χ0) is 35.6. The van der Waals surface area contributed by atoms with Crippen LogP contribution in [0.3, 0.4) is 0 Å². The van der Waals surface area contributed by atoms with Gasteiger partial charge in [0.1, 0.15) is 11.2 Å². The van der Waals surface area contributed by atoms with Gasteiger partial charge in [0.2, 0.25) is 0 Å². The fraction of sp³-hybridized carbons (Fsp3) is 0. The van der Waals surface area contributed by atoms with Crippen molar-refractivity contribution in [1.82, 2.24) is 0 Å². The van der Waals surface area contributed by atoms with Crippen LogP contribution in [0.25, 0.3) is 87.3 Å². The molecule has 54 heavy (non-hydrogen) atoms. The summed E-state index contributed by atoms with van der Waals surface area (Å²) >= 11 is 0. The average Bonchev–Trinajstić information content (AvgIpc) is 3.63. The number of furan rings is 1. The van der Waals surface area contributed by atoms with E-state index in [0.717, 1.165) is 50.1 Å². The normalized spacial score (nSPS) is 11.7. The Morgan fingerprint density at radius 2 is 0.852 bits per heavy atom. The highest BCUT2D eigenvalue weighted by atomic mass is 16.3. The number of benzene rings is 10. The molecule has 11 aromatic rings. The molecule has 0 saturated heterocycles. The zero-order valence-electron chi connectivity index (χ0n) is 29.4. The molecule has 0 atom stereocenters. The maximum absolute atomic E-state index is 6.43. The Morgan fingerprint density at radius 3 is 1.61 bits per heavy atom. The smallest absolute Gasteiger partial charge is 0.143 e. The van der Waals surface area contributed by atoms with E-state index in [9.17, 15) is 0 Å². The van der Waals surface area contributed by atoms with Crippen LogP contribution in [0, 0.1) is 0 Å². The van der Waals surface area contributed by atoms with Crippen LogP contribution in [0.2, 0.25) is 0 Å². The molecular weight excluding hydrogens is 655 g/mol. The van der Waals surface area contributed by atoms with Crippen LogP contribution in [-0.2, 0) is 0 Å². The monoisotopic (exact) mass is 687 g/mol. The molecule has 0 spiro atoms. The fourth-order valence-electron chi connectivity index (χ4n) is 8.40. The zero-order valence-corrected chi connectivity index (χ0v) is 29.4. The van der Waals surface area contributed by atoms with Gasteiger partial charge in [-0.2, -0.15) is 0 Å². The van der Waals surface area contributed by atoms with E-state index in [4.69, 9.17) is 4.42 Å². The summed E-state index contributed by atoms with van der Waals surface area (Å²) in [4.78, 5) is 2.40. The number of nitrogens with zero attached hydrogens (tertiary/aromatic N) is 1. The second-order valence-corrected chi connectivity index (χ2v) is 14.1. The molecule has 0 bridgehead atoms. The molecular formula is C52H33NO. The minimum Gasteiger partial charge on any atom is -0.455 e. The summed E-state index contributed by atoms with van der Waals surface area (Å²) in [5.74, 6) is 0. The summed E-state index contributed by atoms with van der Waals surface area (Å²) in [6, 6.07) is 72.3. The van der Waals surface area contributed by atoms with Crippen molar-refractivity contribution in [1.29, 1.82) is 0 Å². The molecule has 11 rings (SSSR count). The third-order valence-electron chi connectivity index (χ3n) is 11.0. The number of hydrogen-bond acceptors (Lipinski definition) is 2. The van der Waals surface area contributed by atoms with Crippen molar-refractivity contribution in [3.8, 4) is 22.3 Å². The Bertz CT molecular complexity index is 3210. The molecule has 2 heteroatoms. The summed E-state index contributed by atoms with van der Waals surface area (Å²) in [6.07, 6.45) is 0. The van der Waals surface area contributed by atoms with Gasteiger partial charge in [-0.1, -0.05) is 158 Å². The molecule has 0 aliphatic heterocycles. The number of hydrogen-bond donors (Lipinski definition) is 0. The van der Waals surface area contributed by atoms with E-state index < -0.39 is 0 Å². The Kier molecular flexibility index (Phi) is 6.90. The van der Waals surface area contributed by atoms with E-state index in [0.29, 0.717) is 0 Å². The van der Waals surface area contributed by atoms with Crippen molar-refractivity contribution in [2.24, 2.45) is 0 Å². The molecule has 0 saturated carbocycles. The molecule has 1 heterocycles. The lowest BCUT2D eigenvalue weighted by atomic mass is 9.96. The molecule has 252 valence electrons. The molecule has 0 aliphatic carbocycles. The van der Waals surface area contributed by atoms with Crippen molar-refractivity contribution < 1.29 is 4.42 Å². The van der Waals surface area contributed by atoms with Gasteiger partial charge in [0.05, 0.1) is 5.69 Å². The lowest BCUT2D eigenvalue weighted by Gasteiger charge is -2.28. The summed E-state index contributed by atoms with van der Waals surface area (Å²) < 4.78 is 6.43. The molecule has 0 radical (unpaired) electrons. The molecule has 0 unspecified atom stereocenters. The van der Waals surface area contributed by atoms with E-state index >= 15 is 0 Å². The second-order valence-electron chi connectivity index (χ2n) is 14.1. The highest BCUT2D eigenvalue weighted by Crippen LogP contribution is 2.44. The maximum Gasteiger partial charge on any atom is 0.143 e. The molecule has 0 fully saturated rings. The average molecular weight is 688 g/mol. The summed E-state index contributed by atoms with van der Waals surface area (Å²) in [7, 11) is 0. The van der Waals surface area contributed by atoms with E-state index in [2.05, 4.69) is 193 Å². The van der Waals surface area contributed by atoms with Crippen LogP contribution in [0.15, 0.2) is 205 Å². The van der Waals surface area contributed by atoms with E-state index in [1.807, 2.05) is 12.1 Å². The minimum absolute atomic E-state index is 0.909. The fourth-order valence-corrected chi connectivity index (χ4v) is 8.40. The van der Waals surface area contributed by atoms with Crippen LogP contribution < -0.4 is 4.90 Å². The van der Waals surface area contributed by atoms with Gasteiger partial charge in [0.15, 0.2) is 0 Å². The van der Waals surface area contributed by atoms with Gasteiger partial charge in [-0.3, -0.25) is 0 Å². The number of para-hydroxylation sites is 2. The van der Waals surface area contributed by atoms with Crippen molar-refractivity contribution in [2.45, 2.75) is 0 Å². The third kappa shape index (κ3) is 4.88. The predicted octanol–water partition coefficient (Wildman–Crippen LogP) is 15.0. The number of fused-ring (bicyclic) bond motifs is 9. The first-order chi connectivity index (χ1) is 26.8. The van der Waals surface area contributed by atoms with Gasteiger partial charge in [-0.25, -0.2) is 0 Å². The van der Waals surface area contributed by atoms with Crippen LogP contribution in [0.4, 0.5) is 17.1 Å². The summed E-state index contributed by atoms with van der Waals surface area (Å²) in [5, 5.41) is 12.3. The van der Waals surface area contributed by atoms with E-state index in [-0.39, 0.29) is 0 Å². The van der Waals surface area contributed by atoms with Crippen LogP contribution in [0.1, 0.15) is 0 Å². The number of anilines is 3. The summed E-state index contributed by atoms with van der Waals surface area (Å²) in [5.41, 5.74) is 9.74. The molecule has 0 N–H and O–H groups in total. The Labute approximate surface area is 312 Å². The minimum atomic E-state index is 0.909. The van der Waals surface area contributed by atoms with Gasteiger partial charge in [0, 0.05) is 33.1 Å². The molecule has 1 aromatic heterocycles. The highest BCUT2D eigenvalue weighted by Gasteiger charge is 2.19. The van der Waals surface area contributed by atoms with E-state index in [1.165, 1.54) is 54.2 Å². The largest absolute Gasteiger partial charge is 0.455 e. The quantitative estimate of drug-likeness (QED) is 0.168. The van der Waals surface area contributed by atoms with Crippen LogP contribution in [0.5, 0.6) is 0 Å².